The SMILES string of the molecule is CCC(CC)C(=O)N1CCCC1C(=O)NC(Cc1ccc2ccccc2c1)C(=O)NCCCNCCOCc1ccccc1. The van der Waals surface area contributed by atoms with Gasteiger partial charge in [-0.1, -0.05) is 86.6 Å². The van der Waals surface area contributed by atoms with E-state index in [0.717, 1.165) is 60.7 Å². The molecular weight excluding hydrogens is 552 g/mol. The largest absolute Gasteiger partial charge is 0.375 e. The third-order valence-electron chi connectivity index (χ3n) is 8.42. The van der Waals surface area contributed by atoms with Gasteiger partial charge in [-0.25, -0.2) is 0 Å². The van der Waals surface area contributed by atoms with Crippen molar-refractivity contribution >= 4 is 28.5 Å². The molecular formula is C36H48N4O4. The maximum atomic E-state index is 13.6. The number of nitrogens with one attached hydrogen (secondary N) is 3. The first-order valence-corrected chi connectivity index (χ1v) is 16.2. The van der Waals surface area contributed by atoms with Gasteiger partial charge in [-0.2, -0.15) is 0 Å². The number of nitrogens with zero attached hydrogens (tertiary/aromatic N) is 1. The molecule has 3 N–H and O–H groups in total. The van der Waals surface area contributed by atoms with E-state index in [1.165, 1.54) is 0 Å². The number of hydrogen-bond donors (Lipinski definition) is 3. The summed E-state index contributed by atoms with van der Waals surface area (Å²) in [5.41, 5.74) is 2.12. The van der Waals surface area contributed by atoms with Gasteiger partial charge >= 0.3 is 0 Å². The second-order valence-electron chi connectivity index (χ2n) is 11.6. The number of fused-ring (bicyclic) bond motifs is 1. The second-order valence-corrected chi connectivity index (χ2v) is 11.6. The van der Waals surface area contributed by atoms with Crippen molar-refractivity contribution in [3.8, 4) is 0 Å². The van der Waals surface area contributed by atoms with Gasteiger partial charge in [-0.15, -0.1) is 0 Å². The molecule has 8 heteroatoms. The molecule has 2 atom stereocenters. The summed E-state index contributed by atoms with van der Waals surface area (Å²) in [7, 11) is 0. The minimum Gasteiger partial charge on any atom is -0.375 e. The zero-order chi connectivity index (χ0) is 31.1. The van der Waals surface area contributed by atoms with Gasteiger partial charge in [0, 0.05) is 32.0 Å². The first-order valence-electron chi connectivity index (χ1n) is 16.2. The number of amides is 3. The van der Waals surface area contributed by atoms with Crippen LogP contribution in [0.15, 0.2) is 72.8 Å². The molecule has 236 valence electrons. The number of carbonyl (C=O) groups is 3. The Hall–Kier alpha value is -3.75. The Bertz CT molecular complexity index is 1340. The molecule has 0 saturated carbocycles. The highest BCUT2D eigenvalue weighted by Gasteiger charge is 2.37. The summed E-state index contributed by atoms with van der Waals surface area (Å²) in [5.74, 6) is -0.501. The maximum absolute atomic E-state index is 13.6. The minimum atomic E-state index is -0.742. The maximum Gasteiger partial charge on any atom is 0.243 e. The molecule has 3 amide bonds. The predicted molar refractivity (Wildman–Crippen MR) is 175 cm³/mol. The lowest BCUT2D eigenvalue weighted by molar-refractivity contribution is -0.142. The number of rotatable bonds is 17. The minimum absolute atomic E-state index is 0.0427. The fourth-order valence-corrected chi connectivity index (χ4v) is 5.84. The van der Waals surface area contributed by atoms with Crippen molar-refractivity contribution in [3.05, 3.63) is 83.9 Å². The van der Waals surface area contributed by atoms with Crippen LogP contribution in [0.1, 0.15) is 57.1 Å². The monoisotopic (exact) mass is 600 g/mol. The van der Waals surface area contributed by atoms with Crippen LogP contribution in [0.3, 0.4) is 0 Å². The number of likely N-dealkylation sites (tertiary alicyclic amines) is 1. The van der Waals surface area contributed by atoms with Crippen LogP contribution >= 0.6 is 0 Å². The van der Waals surface area contributed by atoms with Gasteiger partial charge in [0.15, 0.2) is 0 Å². The van der Waals surface area contributed by atoms with Crippen molar-refractivity contribution < 1.29 is 19.1 Å². The Morgan fingerprint density at radius 1 is 0.886 bits per heavy atom. The molecule has 0 bridgehead atoms. The smallest absolute Gasteiger partial charge is 0.243 e. The standard InChI is InChI=1S/C36H48N4O4/c1-3-29(4-2)36(43)40-22-10-16-33(40)35(42)39-32(25-28-17-18-30-14-8-9-15-31(30)24-28)34(41)38-20-11-19-37-21-23-44-26-27-12-6-5-7-13-27/h5-9,12-15,17-18,24,29,32-33,37H,3-4,10-11,16,19-23,25-26H2,1-2H3,(H,38,41)(H,39,42). The van der Waals surface area contributed by atoms with E-state index in [-0.39, 0.29) is 23.6 Å². The van der Waals surface area contributed by atoms with E-state index >= 15 is 0 Å². The third-order valence-corrected chi connectivity index (χ3v) is 8.42. The molecule has 3 aromatic carbocycles. The van der Waals surface area contributed by atoms with E-state index in [9.17, 15) is 14.4 Å². The van der Waals surface area contributed by atoms with E-state index < -0.39 is 12.1 Å². The first kappa shape index (κ1) is 33.1. The van der Waals surface area contributed by atoms with E-state index in [0.29, 0.717) is 39.1 Å². The van der Waals surface area contributed by atoms with Crippen LogP contribution in [-0.2, 0) is 32.1 Å². The summed E-state index contributed by atoms with van der Waals surface area (Å²) in [6.07, 6.45) is 4.03. The summed E-state index contributed by atoms with van der Waals surface area (Å²) in [6.45, 7) is 7.77. The lowest BCUT2D eigenvalue weighted by Crippen LogP contribution is -2.54. The molecule has 0 radical (unpaired) electrons. The van der Waals surface area contributed by atoms with Crippen LogP contribution < -0.4 is 16.0 Å². The van der Waals surface area contributed by atoms with Gasteiger partial charge < -0.3 is 25.6 Å². The van der Waals surface area contributed by atoms with Crippen LogP contribution in [0.5, 0.6) is 0 Å². The Morgan fingerprint density at radius 3 is 2.41 bits per heavy atom. The first-order chi connectivity index (χ1) is 21.5. The van der Waals surface area contributed by atoms with E-state index in [1.54, 1.807) is 4.90 Å². The zero-order valence-corrected chi connectivity index (χ0v) is 26.2. The summed E-state index contributed by atoms with van der Waals surface area (Å²) in [5, 5.41) is 11.6. The van der Waals surface area contributed by atoms with Crippen LogP contribution in [-0.4, -0.2) is 67.5 Å². The highest BCUT2D eigenvalue weighted by Crippen LogP contribution is 2.23. The summed E-state index contributed by atoms with van der Waals surface area (Å²) >= 11 is 0. The van der Waals surface area contributed by atoms with E-state index in [4.69, 9.17) is 4.74 Å². The molecule has 1 saturated heterocycles. The fraction of sp³-hybridized carbons (Fsp3) is 0.472. The van der Waals surface area contributed by atoms with Gasteiger partial charge in [0.25, 0.3) is 0 Å². The molecule has 0 spiro atoms. The average Bonchev–Trinajstić information content (AvgIpc) is 3.55. The van der Waals surface area contributed by atoms with Crippen LogP contribution in [0.4, 0.5) is 0 Å². The van der Waals surface area contributed by atoms with E-state index in [2.05, 4.69) is 28.1 Å². The van der Waals surface area contributed by atoms with Crippen molar-refractivity contribution in [1.29, 1.82) is 0 Å². The summed E-state index contributed by atoms with van der Waals surface area (Å²) in [6, 6.07) is 23.0. The highest BCUT2D eigenvalue weighted by molar-refractivity contribution is 5.93. The van der Waals surface area contributed by atoms with Crippen molar-refractivity contribution in [2.75, 3.05) is 32.8 Å². The van der Waals surface area contributed by atoms with Gasteiger partial charge in [0.05, 0.1) is 13.2 Å². The van der Waals surface area contributed by atoms with Crippen molar-refractivity contribution in [3.63, 3.8) is 0 Å². The molecule has 1 fully saturated rings. The Kier molecular flexibility index (Phi) is 13.2. The molecule has 1 aliphatic rings. The number of hydrogen-bond acceptors (Lipinski definition) is 5. The number of carbonyl (C=O) groups excluding carboxylic acids is 3. The molecule has 4 rings (SSSR count). The van der Waals surface area contributed by atoms with Crippen molar-refractivity contribution in [2.45, 2.75) is 71.1 Å². The predicted octanol–water partition coefficient (Wildman–Crippen LogP) is 4.61. The van der Waals surface area contributed by atoms with Gasteiger partial charge in [0.1, 0.15) is 12.1 Å². The Labute approximate surface area is 261 Å². The number of ether oxygens (including phenoxy) is 1. The van der Waals surface area contributed by atoms with Crippen LogP contribution in [0.2, 0.25) is 0 Å². The third kappa shape index (κ3) is 9.63. The van der Waals surface area contributed by atoms with Gasteiger partial charge in [0.2, 0.25) is 17.7 Å². The van der Waals surface area contributed by atoms with E-state index in [1.807, 2.05) is 74.5 Å². The quantitative estimate of drug-likeness (QED) is 0.197. The van der Waals surface area contributed by atoms with Crippen LogP contribution in [0.25, 0.3) is 10.8 Å². The summed E-state index contributed by atoms with van der Waals surface area (Å²) in [4.78, 5) is 41.9. The molecule has 8 nitrogen and oxygen atoms in total. The Balaban J connectivity index is 1.30. The Morgan fingerprint density at radius 2 is 1.64 bits per heavy atom. The topological polar surface area (TPSA) is 99.8 Å². The molecule has 0 aliphatic carbocycles. The number of benzene rings is 3. The van der Waals surface area contributed by atoms with Crippen molar-refractivity contribution in [2.24, 2.45) is 5.92 Å². The average molecular weight is 601 g/mol. The molecule has 1 aliphatic heterocycles. The zero-order valence-electron chi connectivity index (χ0n) is 26.2. The van der Waals surface area contributed by atoms with Crippen LogP contribution in [0, 0.1) is 5.92 Å². The molecule has 2 unspecified atom stereocenters. The molecule has 3 aromatic rings. The fourth-order valence-electron chi connectivity index (χ4n) is 5.84. The molecule has 0 aromatic heterocycles. The second kappa shape index (κ2) is 17.5. The lowest BCUT2D eigenvalue weighted by Gasteiger charge is -2.29. The normalized spacial score (nSPS) is 15.4. The lowest BCUT2D eigenvalue weighted by atomic mass is 10.00. The van der Waals surface area contributed by atoms with Gasteiger partial charge in [-0.3, -0.25) is 14.4 Å². The molecule has 1 heterocycles. The summed E-state index contributed by atoms with van der Waals surface area (Å²) < 4.78 is 5.71. The highest BCUT2D eigenvalue weighted by atomic mass is 16.5. The van der Waals surface area contributed by atoms with Crippen molar-refractivity contribution in [1.82, 2.24) is 20.9 Å². The van der Waals surface area contributed by atoms with Gasteiger partial charge in [-0.05, 0) is 60.5 Å². The molecule has 44 heavy (non-hydrogen) atoms.